The Morgan fingerprint density at radius 3 is 2.31 bits per heavy atom. The van der Waals surface area contributed by atoms with E-state index < -0.39 is 11.6 Å². The molecule has 1 aliphatic heterocycles. The molecule has 1 aromatic heterocycles. The lowest BCUT2D eigenvalue weighted by Gasteiger charge is -2.29. The smallest absolute Gasteiger partial charge is 0.394 e. The second kappa shape index (κ2) is 8.45. The number of ether oxygens (including phenoxy) is 1. The second-order valence-corrected chi connectivity index (χ2v) is 12.1. The standard InChI is InChI=1S/C34H33F3NO/c1-18(2)28-23-12-11-19(3)15-25(23)20(4)29-31-30-24(13-14-38(31)7)22-10-8-9-21(17-33(5,6)34(35,36)37)26(22)16-27(30)39-32(28)29/h8-16,18H,17H2,1-7H3/q+1. The zero-order valence-corrected chi connectivity index (χ0v) is 23.5. The van der Waals surface area contributed by atoms with Crippen LogP contribution >= 0.6 is 0 Å². The third-order valence-corrected chi connectivity index (χ3v) is 8.47. The number of fused-ring (bicyclic) bond motifs is 5. The predicted octanol–water partition coefficient (Wildman–Crippen LogP) is 9.61. The summed E-state index contributed by atoms with van der Waals surface area (Å²) >= 11 is 0. The second-order valence-electron chi connectivity index (χ2n) is 12.1. The monoisotopic (exact) mass is 528 g/mol. The van der Waals surface area contributed by atoms with Gasteiger partial charge in [0.05, 0.1) is 16.4 Å². The number of aromatic nitrogens is 1. The average Bonchev–Trinajstić information content (AvgIpc) is 2.85. The Labute approximate surface area is 227 Å². The molecule has 0 amide bonds. The van der Waals surface area contributed by atoms with Crippen LogP contribution in [0.1, 0.15) is 55.9 Å². The first kappa shape index (κ1) is 25.7. The summed E-state index contributed by atoms with van der Waals surface area (Å²) in [6.45, 7) is 11.2. The van der Waals surface area contributed by atoms with E-state index in [-0.39, 0.29) is 12.3 Å². The van der Waals surface area contributed by atoms with Crippen LogP contribution in [0.25, 0.3) is 43.6 Å². The summed E-state index contributed by atoms with van der Waals surface area (Å²) in [6, 6.07) is 16.3. The molecule has 0 saturated carbocycles. The first-order valence-electron chi connectivity index (χ1n) is 13.5. The summed E-state index contributed by atoms with van der Waals surface area (Å²) in [5.74, 6) is 1.75. The van der Waals surface area contributed by atoms with Gasteiger partial charge in [0, 0.05) is 17.0 Å². The molecule has 0 unspecified atom stereocenters. The molecular formula is C34H33F3NO+. The zero-order valence-electron chi connectivity index (χ0n) is 23.5. The topological polar surface area (TPSA) is 13.1 Å². The molecule has 2 heterocycles. The fourth-order valence-electron chi connectivity index (χ4n) is 6.30. The summed E-state index contributed by atoms with van der Waals surface area (Å²) in [7, 11) is 2.05. The van der Waals surface area contributed by atoms with Gasteiger partial charge in [-0.2, -0.15) is 13.2 Å². The van der Waals surface area contributed by atoms with E-state index in [0.717, 1.165) is 44.1 Å². The van der Waals surface area contributed by atoms with Gasteiger partial charge in [-0.25, -0.2) is 4.57 Å². The molecule has 4 aromatic carbocycles. The molecule has 0 spiro atoms. The summed E-state index contributed by atoms with van der Waals surface area (Å²) in [5.41, 5.74) is 4.52. The molecule has 0 fully saturated rings. The fourth-order valence-corrected chi connectivity index (χ4v) is 6.30. The van der Waals surface area contributed by atoms with Crippen molar-refractivity contribution in [1.29, 1.82) is 0 Å². The van der Waals surface area contributed by atoms with Crippen LogP contribution in [-0.2, 0) is 13.5 Å². The van der Waals surface area contributed by atoms with Crippen molar-refractivity contribution in [3.8, 4) is 22.8 Å². The highest BCUT2D eigenvalue weighted by Crippen LogP contribution is 2.53. The van der Waals surface area contributed by atoms with Crippen LogP contribution in [0.15, 0.2) is 54.7 Å². The minimum absolute atomic E-state index is 0.108. The summed E-state index contributed by atoms with van der Waals surface area (Å²) in [5, 5.41) is 6.13. The van der Waals surface area contributed by atoms with Crippen LogP contribution < -0.4 is 9.30 Å². The van der Waals surface area contributed by atoms with E-state index in [9.17, 15) is 13.2 Å². The van der Waals surface area contributed by atoms with Crippen molar-refractivity contribution in [2.75, 3.05) is 0 Å². The predicted molar refractivity (Wildman–Crippen MR) is 153 cm³/mol. The highest BCUT2D eigenvalue weighted by Gasteiger charge is 2.47. The number of aryl methyl sites for hydroxylation is 3. The van der Waals surface area contributed by atoms with E-state index >= 15 is 0 Å². The number of benzene rings is 4. The van der Waals surface area contributed by atoms with Crippen LogP contribution in [-0.4, -0.2) is 6.18 Å². The molecule has 0 N–H and O–H groups in total. The van der Waals surface area contributed by atoms with Gasteiger partial charge in [-0.3, -0.25) is 0 Å². The van der Waals surface area contributed by atoms with Gasteiger partial charge >= 0.3 is 6.18 Å². The van der Waals surface area contributed by atoms with Crippen molar-refractivity contribution in [2.45, 2.75) is 60.1 Å². The van der Waals surface area contributed by atoms with E-state index in [1.54, 1.807) is 0 Å². The first-order valence-corrected chi connectivity index (χ1v) is 13.5. The number of hydrogen-bond donors (Lipinski definition) is 0. The lowest BCUT2D eigenvalue weighted by atomic mass is 9.82. The van der Waals surface area contributed by atoms with Gasteiger partial charge in [0.15, 0.2) is 6.20 Å². The fraction of sp³-hybridized carbons (Fsp3) is 0.324. The van der Waals surface area contributed by atoms with E-state index in [1.165, 1.54) is 35.7 Å². The molecule has 0 atom stereocenters. The molecule has 5 aromatic rings. The van der Waals surface area contributed by atoms with Crippen LogP contribution in [0.2, 0.25) is 0 Å². The number of alkyl halides is 3. The lowest BCUT2D eigenvalue weighted by Crippen LogP contribution is -2.34. The number of halogens is 3. The number of rotatable bonds is 3. The summed E-state index contributed by atoms with van der Waals surface area (Å²) in [4.78, 5) is 0. The minimum Gasteiger partial charge on any atom is -0.455 e. The molecule has 5 heteroatoms. The maximum Gasteiger partial charge on any atom is 0.394 e. The highest BCUT2D eigenvalue weighted by molar-refractivity contribution is 6.16. The zero-order chi connectivity index (χ0) is 28.0. The van der Waals surface area contributed by atoms with Crippen molar-refractivity contribution in [3.63, 3.8) is 0 Å². The Kier molecular flexibility index (Phi) is 5.56. The molecule has 1 aliphatic rings. The van der Waals surface area contributed by atoms with Crippen molar-refractivity contribution < 1.29 is 22.5 Å². The van der Waals surface area contributed by atoms with E-state index in [0.29, 0.717) is 11.3 Å². The van der Waals surface area contributed by atoms with Gasteiger partial charge in [-0.15, -0.1) is 0 Å². The van der Waals surface area contributed by atoms with Crippen molar-refractivity contribution >= 4 is 32.3 Å². The van der Waals surface area contributed by atoms with Gasteiger partial charge in [0.25, 0.3) is 0 Å². The molecular weight excluding hydrogens is 495 g/mol. The van der Waals surface area contributed by atoms with Gasteiger partial charge in [0.2, 0.25) is 5.69 Å². The molecule has 39 heavy (non-hydrogen) atoms. The third-order valence-electron chi connectivity index (χ3n) is 8.47. The molecule has 0 aliphatic carbocycles. The van der Waals surface area contributed by atoms with Gasteiger partial charge in [0.1, 0.15) is 18.5 Å². The molecule has 2 nitrogen and oxygen atoms in total. The molecule has 0 radical (unpaired) electrons. The minimum atomic E-state index is -4.31. The Bertz CT molecular complexity index is 1830. The first-order chi connectivity index (χ1) is 18.3. The van der Waals surface area contributed by atoms with Gasteiger partial charge < -0.3 is 4.74 Å². The Hall–Kier alpha value is -3.60. The van der Waals surface area contributed by atoms with Crippen LogP contribution in [0.3, 0.4) is 0 Å². The van der Waals surface area contributed by atoms with Gasteiger partial charge in [-0.1, -0.05) is 69.7 Å². The number of nitrogens with zero attached hydrogens (tertiary/aromatic N) is 1. The van der Waals surface area contributed by atoms with Crippen molar-refractivity contribution in [1.82, 2.24) is 0 Å². The van der Waals surface area contributed by atoms with E-state index in [4.69, 9.17) is 4.74 Å². The molecule has 0 saturated heterocycles. The largest absolute Gasteiger partial charge is 0.455 e. The van der Waals surface area contributed by atoms with Crippen LogP contribution in [0.5, 0.6) is 11.5 Å². The molecule has 0 bridgehead atoms. The number of hydrogen-bond acceptors (Lipinski definition) is 1. The van der Waals surface area contributed by atoms with Crippen LogP contribution in [0, 0.1) is 19.3 Å². The number of pyridine rings is 1. The normalized spacial score (nSPS) is 13.4. The van der Waals surface area contributed by atoms with Gasteiger partial charge in [-0.05, 0) is 64.9 Å². The third kappa shape index (κ3) is 3.73. The highest BCUT2D eigenvalue weighted by atomic mass is 19.4. The van der Waals surface area contributed by atoms with E-state index in [2.05, 4.69) is 69.8 Å². The Balaban J connectivity index is 1.72. The molecule has 6 rings (SSSR count). The Morgan fingerprint density at radius 2 is 1.62 bits per heavy atom. The Morgan fingerprint density at radius 1 is 0.872 bits per heavy atom. The van der Waals surface area contributed by atoms with E-state index in [1.807, 2.05) is 24.3 Å². The average molecular weight is 529 g/mol. The summed E-state index contributed by atoms with van der Waals surface area (Å²) in [6.07, 6.45) is -2.36. The summed E-state index contributed by atoms with van der Waals surface area (Å²) < 4.78 is 50.6. The molecule has 200 valence electrons. The SMILES string of the molecule is Cc1ccc2c(C(C)C)c3c(c(C)c2c1)-c1c2c(cc4c(CC(C)(C)C(F)(F)F)cccc4c2cc[n+]1C)O3. The lowest BCUT2D eigenvalue weighted by molar-refractivity contribution is -0.659. The maximum atomic E-state index is 13.9. The van der Waals surface area contributed by atoms with Crippen molar-refractivity contribution in [3.05, 3.63) is 77.0 Å². The van der Waals surface area contributed by atoms with Crippen LogP contribution in [0.4, 0.5) is 13.2 Å². The quantitative estimate of drug-likeness (QED) is 0.165. The van der Waals surface area contributed by atoms with Crippen molar-refractivity contribution in [2.24, 2.45) is 12.5 Å². The maximum absolute atomic E-state index is 13.9.